The summed E-state index contributed by atoms with van der Waals surface area (Å²) in [6.45, 7) is 3.81. The molecule has 1 N–H and O–H groups in total. The Bertz CT molecular complexity index is 649. The fraction of sp³-hybridized carbons (Fsp3) is 0.375. The molecule has 23 heavy (non-hydrogen) atoms. The van der Waals surface area contributed by atoms with Gasteiger partial charge in [-0.15, -0.1) is 10.2 Å². The maximum atomic E-state index is 8.55. The number of aliphatic hydroxyl groups is 1. The monoisotopic (exact) mass is 356 g/mol. The molecule has 1 aromatic heterocycles. The van der Waals surface area contributed by atoms with Gasteiger partial charge in [0, 0.05) is 11.1 Å². The third-order valence-electron chi connectivity index (χ3n) is 3.14. The number of aliphatic hydroxyl groups excluding tert-OH is 1. The molecule has 1 aromatic carbocycles. The number of benzene rings is 1. The van der Waals surface area contributed by atoms with Crippen LogP contribution in [-0.4, -0.2) is 28.9 Å². The van der Waals surface area contributed by atoms with Crippen molar-refractivity contribution in [3.8, 4) is 16.9 Å². The number of rotatable bonds is 7. The van der Waals surface area contributed by atoms with Crippen molar-refractivity contribution in [2.75, 3.05) is 13.6 Å². The normalized spacial score (nSPS) is 11.0. The molecular formula is C16H18Cl2N2O3. The summed E-state index contributed by atoms with van der Waals surface area (Å²) >= 11 is 12.5. The molecule has 2 rings (SSSR count). The average molecular weight is 357 g/mol. The van der Waals surface area contributed by atoms with Crippen molar-refractivity contribution >= 4 is 23.2 Å². The van der Waals surface area contributed by atoms with Crippen molar-refractivity contribution in [1.29, 1.82) is 0 Å². The summed E-state index contributed by atoms with van der Waals surface area (Å²) in [6.07, 6.45) is 0.756. The van der Waals surface area contributed by atoms with E-state index in [0.717, 1.165) is 23.1 Å². The quantitative estimate of drug-likeness (QED) is 0.600. The molecule has 0 aliphatic heterocycles. The van der Waals surface area contributed by atoms with Gasteiger partial charge in [0.05, 0.1) is 0 Å². The maximum absolute atomic E-state index is 8.55. The van der Waals surface area contributed by atoms with Gasteiger partial charge in [-0.1, -0.05) is 49.2 Å². The molecular weight excluding hydrogens is 339 g/mol. The summed E-state index contributed by atoms with van der Waals surface area (Å²) in [5.41, 5.74) is 2.57. The maximum Gasteiger partial charge on any atom is 0.191 e. The van der Waals surface area contributed by atoms with Crippen molar-refractivity contribution < 1.29 is 14.6 Å². The van der Waals surface area contributed by atoms with Crippen LogP contribution in [0.5, 0.6) is 5.75 Å². The van der Waals surface area contributed by atoms with Gasteiger partial charge in [0.2, 0.25) is 0 Å². The number of halogens is 2. The van der Waals surface area contributed by atoms with Gasteiger partial charge in [-0.25, -0.2) is 0 Å². The van der Waals surface area contributed by atoms with E-state index in [1.165, 1.54) is 0 Å². The molecule has 0 atom stereocenters. The van der Waals surface area contributed by atoms with E-state index in [9.17, 15) is 0 Å². The number of hydrogen-bond donors (Lipinski definition) is 1. The molecule has 0 saturated heterocycles. The van der Waals surface area contributed by atoms with Crippen molar-refractivity contribution in [3.63, 3.8) is 0 Å². The third-order valence-corrected chi connectivity index (χ3v) is 3.71. The zero-order chi connectivity index (χ0) is 16.8. The largest absolute Gasteiger partial charge is 0.467 e. The molecule has 0 saturated carbocycles. The lowest BCUT2D eigenvalue weighted by molar-refractivity contribution is -0.0653. The van der Waals surface area contributed by atoms with Gasteiger partial charge >= 0.3 is 0 Å². The molecule has 0 aliphatic rings. The molecule has 2 aromatic rings. The topological polar surface area (TPSA) is 64.5 Å². The number of aromatic nitrogens is 2. The van der Waals surface area contributed by atoms with Crippen LogP contribution >= 0.6 is 23.2 Å². The lowest BCUT2D eigenvalue weighted by Gasteiger charge is -2.14. The molecule has 0 unspecified atom stereocenters. The predicted molar refractivity (Wildman–Crippen MR) is 89.7 cm³/mol. The first-order valence-corrected chi connectivity index (χ1v) is 7.91. The minimum Gasteiger partial charge on any atom is -0.467 e. The summed E-state index contributed by atoms with van der Waals surface area (Å²) in [6, 6.07) is 7.33. The van der Waals surface area contributed by atoms with Crippen molar-refractivity contribution in [2.24, 2.45) is 5.92 Å². The first kappa shape index (κ1) is 17.9. The SMILES string of the molecule is CC(C)Cc1c(Cl)nnc(Cl)c1-c1ccc(OCOCO)cc1. The zero-order valence-electron chi connectivity index (χ0n) is 12.9. The van der Waals surface area contributed by atoms with Crippen LogP contribution in [0, 0.1) is 5.92 Å². The van der Waals surface area contributed by atoms with Gasteiger partial charge < -0.3 is 14.6 Å². The second-order valence-electron chi connectivity index (χ2n) is 5.35. The predicted octanol–water partition coefficient (Wildman–Crippen LogP) is 3.95. The lowest BCUT2D eigenvalue weighted by atomic mass is 9.96. The Labute approximate surface area is 145 Å². The van der Waals surface area contributed by atoms with E-state index >= 15 is 0 Å². The Morgan fingerprint density at radius 2 is 1.74 bits per heavy atom. The molecule has 0 aliphatic carbocycles. The Kier molecular flexibility index (Phi) is 6.59. The fourth-order valence-corrected chi connectivity index (χ4v) is 2.65. The second kappa shape index (κ2) is 8.45. The fourth-order valence-electron chi connectivity index (χ4n) is 2.18. The molecule has 124 valence electrons. The molecule has 0 radical (unpaired) electrons. The van der Waals surface area contributed by atoms with Crippen LogP contribution < -0.4 is 4.74 Å². The molecule has 1 heterocycles. The molecule has 5 nitrogen and oxygen atoms in total. The van der Waals surface area contributed by atoms with E-state index in [4.69, 9.17) is 37.8 Å². The van der Waals surface area contributed by atoms with Crippen LogP contribution in [0.2, 0.25) is 10.3 Å². The van der Waals surface area contributed by atoms with Gasteiger partial charge in [0.25, 0.3) is 0 Å². The highest BCUT2D eigenvalue weighted by Gasteiger charge is 2.17. The standard InChI is InChI=1S/C16H18Cl2N2O3/c1-10(2)7-13-14(16(18)20-19-15(13)17)11-3-5-12(6-4-11)23-9-22-8-21/h3-6,10,21H,7-9H2,1-2H3. The Morgan fingerprint density at radius 3 is 2.35 bits per heavy atom. The van der Waals surface area contributed by atoms with Gasteiger partial charge in [0.15, 0.2) is 17.1 Å². The molecule has 0 amide bonds. The van der Waals surface area contributed by atoms with Gasteiger partial charge in [0.1, 0.15) is 12.5 Å². The number of ether oxygens (including phenoxy) is 2. The molecule has 0 bridgehead atoms. The number of nitrogens with zero attached hydrogens (tertiary/aromatic N) is 2. The second-order valence-corrected chi connectivity index (χ2v) is 6.07. The Hall–Kier alpha value is -1.40. The average Bonchev–Trinajstić information content (AvgIpc) is 2.52. The van der Waals surface area contributed by atoms with E-state index in [2.05, 4.69) is 24.0 Å². The van der Waals surface area contributed by atoms with Crippen LogP contribution in [0.15, 0.2) is 24.3 Å². The summed E-state index contributed by atoms with van der Waals surface area (Å²) in [4.78, 5) is 0. The minimum atomic E-state index is -0.382. The first-order valence-electron chi connectivity index (χ1n) is 7.15. The van der Waals surface area contributed by atoms with Crippen LogP contribution in [0.25, 0.3) is 11.1 Å². The lowest BCUT2D eigenvalue weighted by Crippen LogP contribution is -2.04. The highest BCUT2D eigenvalue weighted by Crippen LogP contribution is 2.35. The van der Waals surface area contributed by atoms with E-state index in [1.54, 1.807) is 12.1 Å². The molecule has 0 fully saturated rings. The first-order chi connectivity index (χ1) is 11.0. The Morgan fingerprint density at radius 1 is 1.09 bits per heavy atom. The zero-order valence-corrected chi connectivity index (χ0v) is 14.4. The van der Waals surface area contributed by atoms with E-state index < -0.39 is 0 Å². The minimum absolute atomic E-state index is 0.0160. The van der Waals surface area contributed by atoms with Crippen LogP contribution in [0.3, 0.4) is 0 Å². The van der Waals surface area contributed by atoms with Crippen LogP contribution in [0.4, 0.5) is 0 Å². The summed E-state index contributed by atoms with van der Waals surface area (Å²) in [5, 5.41) is 17.1. The smallest absolute Gasteiger partial charge is 0.191 e. The number of hydrogen-bond acceptors (Lipinski definition) is 5. The van der Waals surface area contributed by atoms with Crippen LogP contribution in [0.1, 0.15) is 19.4 Å². The van der Waals surface area contributed by atoms with Crippen molar-refractivity contribution in [2.45, 2.75) is 20.3 Å². The Balaban J connectivity index is 2.32. The third kappa shape index (κ3) is 4.78. The molecule has 7 heteroatoms. The molecule has 0 spiro atoms. The van der Waals surface area contributed by atoms with Gasteiger partial charge in [-0.05, 0) is 30.0 Å². The van der Waals surface area contributed by atoms with E-state index in [1.807, 2.05) is 12.1 Å². The summed E-state index contributed by atoms with van der Waals surface area (Å²) in [7, 11) is 0. The van der Waals surface area contributed by atoms with E-state index in [-0.39, 0.29) is 13.6 Å². The van der Waals surface area contributed by atoms with Crippen molar-refractivity contribution in [3.05, 3.63) is 40.1 Å². The van der Waals surface area contributed by atoms with Gasteiger partial charge in [-0.3, -0.25) is 0 Å². The van der Waals surface area contributed by atoms with Gasteiger partial charge in [-0.2, -0.15) is 0 Å². The highest BCUT2D eigenvalue weighted by molar-refractivity contribution is 6.34. The van der Waals surface area contributed by atoms with Crippen molar-refractivity contribution in [1.82, 2.24) is 10.2 Å². The summed E-state index contributed by atoms with van der Waals surface area (Å²) in [5.74, 6) is 1.03. The highest BCUT2D eigenvalue weighted by atomic mass is 35.5. The van der Waals surface area contributed by atoms with E-state index in [0.29, 0.717) is 22.0 Å². The summed E-state index contributed by atoms with van der Waals surface area (Å²) < 4.78 is 10.0. The van der Waals surface area contributed by atoms with Crippen LogP contribution in [-0.2, 0) is 11.2 Å².